The second-order valence-corrected chi connectivity index (χ2v) is 12.4. The third kappa shape index (κ3) is 4.43. The van der Waals surface area contributed by atoms with Gasteiger partial charge in [-0.25, -0.2) is 18.2 Å². The highest BCUT2D eigenvalue weighted by Crippen LogP contribution is 2.44. The number of hydrogen-bond donors (Lipinski definition) is 1. The fraction of sp³-hybridized carbons (Fsp3) is 0.424. The second-order valence-electron chi connectivity index (χ2n) is 12.4. The first kappa shape index (κ1) is 28.2. The van der Waals surface area contributed by atoms with E-state index in [-0.39, 0.29) is 69.5 Å². The lowest BCUT2D eigenvalue weighted by atomic mass is 9.95. The molecule has 6 heterocycles. The number of hydrogen-bond acceptors (Lipinski definition) is 9. The molecule has 12 heteroatoms. The van der Waals surface area contributed by atoms with Crippen LogP contribution in [0.4, 0.5) is 19.0 Å². The molecule has 4 atom stereocenters. The van der Waals surface area contributed by atoms with Crippen molar-refractivity contribution in [1.29, 1.82) is 0 Å². The number of halogens is 3. The number of phenols is 1. The number of likely N-dealkylation sites (N-methyl/N-ethyl adjacent to an activating group) is 1. The van der Waals surface area contributed by atoms with Gasteiger partial charge in [0.1, 0.15) is 52.9 Å². The first-order valence-corrected chi connectivity index (χ1v) is 15.1. The van der Waals surface area contributed by atoms with Crippen LogP contribution in [-0.2, 0) is 4.74 Å². The molecule has 2 bridgehead atoms. The molecule has 0 saturated carbocycles. The first-order chi connectivity index (χ1) is 21.7. The Balaban J connectivity index is 1.35. The molecule has 232 valence electrons. The summed E-state index contributed by atoms with van der Waals surface area (Å²) in [5, 5.41) is 11.5. The van der Waals surface area contributed by atoms with Crippen molar-refractivity contribution in [1.82, 2.24) is 19.9 Å². The van der Waals surface area contributed by atoms with Gasteiger partial charge in [0.05, 0.1) is 30.4 Å². The van der Waals surface area contributed by atoms with E-state index in [0.717, 1.165) is 19.4 Å². The molecule has 2 unspecified atom stereocenters. The smallest absolute Gasteiger partial charge is 0.319 e. The van der Waals surface area contributed by atoms with Crippen LogP contribution in [-0.4, -0.2) is 88.8 Å². The molecule has 0 spiro atoms. The number of ether oxygens (including phenoxy) is 3. The summed E-state index contributed by atoms with van der Waals surface area (Å²) in [5.74, 6) is 1.08. The molecule has 8 rings (SSSR count). The molecular formula is C33H30F3N5O4. The number of anilines is 1. The third-order valence-corrected chi connectivity index (χ3v) is 9.70. The highest BCUT2D eigenvalue weighted by molar-refractivity contribution is 6.04. The molecule has 3 fully saturated rings. The van der Waals surface area contributed by atoms with Crippen molar-refractivity contribution < 1.29 is 32.5 Å². The second kappa shape index (κ2) is 10.4. The minimum Gasteiger partial charge on any atom is -0.508 e. The highest BCUT2D eigenvalue weighted by atomic mass is 19.1. The van der Waals surface area contributed by atoms with E-state index in [4.69, 9.17) is 25.6 Å². The summed E-state index contributed by atoms with van der Waals surface area (Å²) in [6.45, 7) is 2.05. The Labute approximate surface area is 256 Å². The molecule has 0 aliphatic carbocycles. The van der Waals surface area contributed by atoms with Gasteiger partial charge in [-0.3, -0.25) is 4.90 Å². The Kier molecular flexibility index (Phi) is 6.48. The normalized spacial score (nSPS) is 25.9. The van der Waals surface area contributed by atoms with Gasteiger partial charge in [0.15, 0.2) is 5.82 Å². The van der Waals surface area contributed by atoms with Gasteiger partial charge in [0.2, 0.25) is 5.88 Å². The molecular weight excluding hydrogens is 587 g/mol. The summed E-state index contributed by atoms with van der Waals surface area (Å²) in [6.07, 6.45) is 7.06. The predicted octanol–water partition coefficient (Wildman–Crippen LogP) is 4.75. The van der Waals surface area contributed by atoms with Gasteiger partial charge >= 0.3 is 6.01 Å². The Morgan fingerprint density at radius 3 is 2.89 bits per heavy atom. The number of aromatic nitrogens is 3. The van der Waals surface area contributed by atoms with Crippen LogP contribution in [0.25, 0.3) is 32.9 Å². The highest BCUT2D eigenvalue weighted by Gasteiger charge is 2.49. The number of aromatic hydroxyl groups is 1. The van der Waals surface area contributed by atoms with Gasteiger partial charge in [-0.15, -0.1) is 6.42 Å². The van der Waals surface area contributed by atoms with E-state index in [0.29, 0.717) is 43.8 Å². The van der Waals surface area contributed by atoms with Crippen molar-refractivity contribution in [2.24, 2.45) is 0 Å². The number of nitrogens with zero attached hydrogens (tertiary/aromatic N) is 5. The van der Waals surface area contributed by atoms with Gasteiger partial charge < -0.3 is 24.2 Å². The summed E-state index contributed by atoms with van der Waals surface area (Å²) in [5.41, 5.74) is -0.830. The number of alkyl halides is 1. The molecule has 4 aliphatic heterocycles. The molecule has 4 aliphatic rings. The molecule has 9 nitrogen and oxygen atoms in total. The van der Waals surface area contributed by atoms with Gasteiger partial charge in [-0.2, -0.15) is 9.97 Å². The number of pyridine rings is 1. The molecule has 2 aromatic heterocycles. The maximum absolute atomic E-state index is 16.9. The Bertz CT molecular complexity index is 1920. The summed E-state index contributed by atoms with van der Waals surface area (Å²) in [4.78, 5) is 17.9. The minimum atomic E-state index is -0.939. The van der Waals surface area contributed by atoms with E-state index in [9.17, 15) is 13.9 Å². The zero-order valence-corrected chi connectivity index (χ0v) is 24.5. The number of fused-ring (bicyclic) bond motifs is 4. The average molecular weight is 618 g/mol. The van der Waals surface area contributed by atoms with Crippen LogP contribution < -0.4 is 14.4 Å². The molecule has 45 heavy (non-hydrogen) atoms. The monoisotopic (exact) mass is 617 g/mol. The van der Waals surface area contributed by atoms with Gasteiger partial charge in [0.25, 0.3) is 0 Å². The molecule has 0 radical (unpaired) electrons. The lowest BCUT2D eigenvalue weighted by Gasteiger charge is -2.38. The Morgan fingerprint density at radius 2 is 2.04 bits per heavy atom. The van der Waals surface area contributed by atoms with Crippen molar-refractivity contribution in [3.63, 3.8) is 0 Å². The van der Waals surface area contributed by atoms with Crippen molar-refractivity contribution in [3.8, 4) is 41.2 Å². The zero-order chi connectivity index (χ0) is 31.0. The van der Waals surface area contributed by atoms with Crippen LogP contribution >= 0.6 is 0 Å². The first-order valence-electron chi connectivity index (χ1n) is 15.1. The Morgan fingerprint density at radius 1 is 1.18 bits per heavy atom. The Hall–Kier alpha value is -4.34. The maximum Gasteiger partial charge on any atom is 0.319 e. The van der Waals surface area contributed by atoms with E-state index in [1.807, 2.05) is 11.9 Å². The van der Waals surface area contributed by atoms with Crippen molar-refractivity contribution in [2.75, 3.05) is 44.9 Å². The van der Waals surface area contributed by atoms with Crippen molar-refractivity contribution in [3.05, 3.63) is 41.5 Å². The lowest BCUT2D eigenvalue weighted by molar-refractivity contribution is -0.00648. The van der Waals surface area contributed by atoms with Crippen LogP contribution in [0.3, 0.4) is 0 Å². The van der Waals surface area contributed by atoms with Crippen LogP contribution in [0.2, 0.25) is 0 Å². The van der Waals surface area contributed by atoms with Gasteiger partial charge in [-0.05, 0) is 43.0 Å². The number of phenolic OH excluding ortho intramolecular Hbond substituents is 1. The summed E-state index contributed by atoms with van der Waals surface area (Å²) in [6, 6.07) is 5.19. The molecule has 1 N–H and O–H groups in total. The van der Waals surface area contributed by atoms with Crippen molar-refractivity contribution in [2.45, 2.75) is 49.5 Å². The topological polar surface area (TPSA) is 93.1 Å². The van der Waals surface area contributed by atoms with Crippen LogP contribution in [0.5, 0.6) is 17.6 Å². The van der Waals surface area contributed by atoms with Gasteiger partial charge in [-0.1, -0.05) is 12.0 Å². The van der Waals surface area contributed by atoms with E-state index in [2.05, 4.69) is 20.8 Å². The van der Waals surface area contributed by atoms with Gasteiger partial charge in [0, 0.05) is 37.4 Å². The maximum atomic E-state index is 16.9. The standard InChI is InChI=1S/C33H30F3N5O4/c1-3-22-24(35)6-5-17-9-20(42)11-23(25(17)22)28-27(36)29-26-30(40(2)19-10-21(15-43-14-19)45-31(26)37-28)39-32(38-29)44-16-33-7-4-8-41(33)13-18(34)12-33/h1,5-6,9,11,18-19,21,42H,4,7-8,10,12-16H2,2H3/t18-,19?,21?,33+/m1/s1. The van der Waals surface area contributed by atoms with E-state index in [1.165, 1.54) is 24.3 Å². The zero-order valence-electron chi connectivity index (χ0n) is 24.5. The number of rotatable bonds is 4. The lowest BCUT2D eigenvalue weighted by Crippen LogP contribution is -2.47. The average Bonchev–Trinajstić information content (AvgIpc) is 3.56. The molecule has 3 saturated heterocycles. The predicted molar refractivity (Wildman–Crippen MR) is 160 cm³/mol. The molecule has 4 aromatic rings. The fourth-order valence-electron chi connectivity index (χ4n) is 7.55. The van der Waals surface area contributed by atoms with Crippen LogP contribution in [0.1, 0.15) is 31.2 Å². The summed E-state index contributed by atoms with van der Waals surface area (Å²) >= 11 is 0. The van der Waals surface area contributed by atoms with E-state index >= 15 is 4.39 Å². The molecule has 2 aromatic carbocycles. The van der Waals surface area contributed by atoms with Crippen molar-refractivity contribution >= 4 is 27.5 Å². The van der Waals surface area contributed by atoms with E-state index < -0.39 is 23.3 Å². The largest absolute Gasteiger partial charge is 0.508 e. The number of terminal acetylenes is 1. The van der Waals surface area contributed by atoms with Crippen LogP contribution in [0.15, 0.2) is 24.3 Å². The third-order valence-electron chi connectivity index (χ3n) is 9.70. The minimum absolute atomic E-state index is 0.0653. The summed E-state index contributed by atoms with van der Waals surface area (Å²) < 4.78 is 64.6. The summed E-state index contributed by atoms with van der Waals surface area (Å²) in [7, 11) is 1.84. The van der Waals surface area contributed by atoms with E-state index in [1.54, 1.807) is 0 Å². The number of benzene rings is 2. The molecule has 0 amide bonds. The fourth-order valence-corrected chi connectivity index (χ4v) is 7.55. The van der Waals surface area contributed by atoms with Crippen LogP contribution in [0, 0.1) is 24.0 Å². The SMILES string of the molecule is C#Cc1c(F)ccc2cc(O)cc(-c3nc4c5c(nc(OC[C@@]67CCCN6C[C@H](F)C7)nc5c3F)N(C)C3COCC(C3)O4)c12. The quantitative estimate of drug-likeness (QED) is 0.326.